The number of para-hydroxylation sites is 1. The Balaban J connectivity index is 2.05. The van der Waals surface area contributed by atoms with Crippen molar-refractivity contribution in [2.24, 2.45) is 5.41 Å². The molecule has 0 atom stereocenters. The third kappa shape index (κ3) is 2.58. The number of nitrogens with zero attached hydrogens (tertiary/aromatic N) is 2. The van der Waals surface area contributed by atoms with Crippen LogP contribution in [0.4, 0.5) is 5.82 Å². The number of likely N-dealkylation sites (tertiary alicyclic amines) is 1. The number of amides is 1. The van der Waals surface area contributed by atoms with Gasteiger partial charge in [0, 0.05) is 25.5 Å². The molecule has 0 bridgehead atoms. The van der Waals surface area contributed by atoms with E-state index >= 15 is 0 Å². The number of pyridine rings is 1. The van der Waals surface area contributed by atoms with E-state index in [0.717, 1.165) is 41.8 Å². The van der Waals surface area contributed by atoms with Crippen LogP contribution in [0.5, 0.6) is 0 Å². The number of carbonyl (C=O) groups excluding carboxylic acids is 1. The van der Waals surface area contributed by atoms with Crippen LogP contribution >= 0.6 is 0 Å². The Labute approximate surface area is 125 Å². The van der Waals surface area contributed by atoms with Crippen LogP contribution in [0.1, 0.15) is 30.6 Å². The zero-order valence-electron chi connectivity index (χ0n) is 12.8. The minimum Gasteiger partial charge on any atom is -0.373 e. The largest absolute Gasteiger partial charge is 0.373 e. The maximum atomic E-state index is 12.9. The third-order valence-corrected chi connectivity index (χ3v) is 4.17. The molecule has 3 rings (SSSR count). The van der Waals surface area contributed by atoms with Crippen LogP contribution in [-0.2, 0) is 0 Å². The van der Waals surface area contributed by atoms with Crippen molar-refractivity contribution in [1.29, 1.82) is 0 Å². The van der Waals surface area contributed by atoms with Crippen molar-refractivity contribution in [3.05, 3.63) is 35.9 Å². The van der Waals surface area contributed by atoms with Crippen molar-refractivity contribution in [3.8, 4) is 0 Å². The van der Waals surface area contributed by atoms with E-state index in [4.69, 9.17) is 0 Å². The number of carbonyl (C=O) groups is 1. The molecule has 4 heteroatoms. The first-order chi connectivity index (χ1) is 10.00. The average Bonchev–Trinajstić information content (AvgIpc) is 2.85. The molecule has 1 amide bonds. The lowest BCUT2D eigenvalue weighted by Crippen LogP contribution is -2.30. The quantitative estimate of drug-likeness (QED) is 0.921. The minimum absolute atomic E-state index is 0.107. The zero-order chi connectivity index (χ0) is 15.0. The summed E-state index contributed by atoms with van der Waals surface area (Å²) in [5.74, 6) is 0.839. The van der Waals surface area contributed by atoms with Gasteiger partial charge in [-0.05, 0) is 24.0 Å². The molecule has 0 spiro atoms. The number of hydrogen-bond acceptors (Lipinski definition) is 3. The third-order valence-electron chi connectivity index (χ3n) is 4.17. The molecule has 4 nitrogen and oxygen atoms in total. The van der Waals surface area contributed by atoms with Gasteiger partial charge >= 0.3 is 0 Å². The molecule has 2 aromatic rings. The second-order valence-electron chi connectivity index (χ2n) is 6.46. The molecule has 1 aromatic carbocycles. The fourth-order valence-electron chi connectivity index (χ4n) is 2.94. The highest BCUT2D eigenvalue weighted by atomic mass is 16.2. The topological polar surface area (TPSA) is 45.2 Å². The highest BCUT2D eigenvalue weighted by Gasteiger charge is 2.33. The van der Waals surface area contributed by atoms with E-state index in [1.807, 2.05) is 42.3 Å². The van der Waals surface area contributed by atoms with Gasteiger partial charge in [0.15, 0.2) is 0 Å². The van der Waals surface area contributed by atoms with Gasteiger partial charge < -0.3 is 10.2 Å². The molecule has 0 radical (unpaired) electrons. The highest BCUT2D eigenvalue weighted by Crippen LogP contribution is 2.31. The Kier molecular flexibility index (Phi) is 3.32. The number of rotatable bonds is 2. The van der Waals surface area contributed by atoms with Gasteiger partial charge in [0.05, 0.1) is 11.1 Å². The summed E-state index contributed by atoms with van der Waals surface area (Å²) in [6.45, 7) is 6.07. The number of nitrogens with one attached hydrogen (secondary N) is 1. The van der Waals surface area contributed by atoms with Crippen molar-refractivity contribution < 1.29 is 4.79 Å². The van der Waals surface area contributed by atoms with Gasteiger partial charge in [-0.15, -0.1) is 0 Å². The average molecular weight is 283 g/mol. The molecule has 1 fully saturated rings. The van der Waals surface area contributed by atoms with E-state index in [2.05, 4.69) is 24.1 Å². The number of anilines is 1. The molecule has 0 saturated carbocycles. The summed E-state index contributed by atoms with van der Waals surface area (Å²) >= 11 is 0. The lowest BCUT2D eigenvalue weighted by atomic mass is 9.93. The number of fused-ring (bicyclic) bond motifs is 1. The van der Waals surface area contributed by atoms with Crippen molar-refractivity contribution in [3.63, 3.8) is 0 Å². The van der Waals surface area contributed by atoms with Crippen LogP contribution in [0.3, 0.4) is 0 Å². The van der Waals surface area contributed by atoms with E-state index < -0.39 is 0 Å². The van der Waals surface area contributed by atoms with E-state index in [1.165, 1.54) is 0 Å². The van der Waals surface area contributed by atoms with Crippen LogP contribution in [0.15, 0.2) is 30.3 Å². The molecule has 1 aliphatic heterocycles. The van der Waals surface area contributed by atoms with Gasteiger partial charge in [-0.1, -0.05) is 32.0 Å². The fourth-order valence-corrected chi connectivity index (χ4v) is 2.94. The molecule has 2 heterocycles. The first kappa shape index (κ1) is 13.9. The summed E-state index contributed by atoms with van der Waals surface area (Å²) in [6, 6.07) is 9.67. The summed E-state index contributed by atoms with van der Waals surface area (Å²) < 4.78 is 0. The lowest BCUT2D eigenvalue weighted by molar-refractivity contribution is 0.0780. The Morgan fingerprint density at radius 1 is 1.33 bits per heavy atom. The fraction of sp³-hybridized carbons (Fsp3) is 0.412. The van der Waals surface area contributed by atoms with Gasteiger partial charge in [0.2, 0.25) is 0 Å². The van der Waals surface area contributed by atoms with Gasteiger partial charge in [-0.3, -0.25) is 4.79 Å². The monoisotopic (exact) mass is 283 g/mol. The highest BCUT2D eigenvalue weighted by molar-refractivity contribution is 6.07. The first-order valence-corrected chi connectivity index (χ1v) is 7.37. The van der Waals surface area contributed by atoms with Gasteiger partial charge in [-0.2, -0.15) is 0 Å². The van der Waals surface area contributed by atoms with Crippen LogP contribution < -0.4 is 5.32 Å². The lowest BCUT2D eigenvalue weighted by Gasteiger charge is -2.20. The molecule has 0 aliphatic carbocycles. The van der Waals surface area contributed by atoms with E-state index in [0.29, 0.717) is 0 Å². The molecule has 21 heavy (non-hydrogen) atoms. The molecule has 1 N–H and O–H groups in total. The van der Waals surface area contributed by atoms with Crippen LogP contribution in [0.2, 0.25) is 0 Å². The van der Waals surface area contributed by atoms with Crippen LogP contribution in [-0.4, -0.2) is 35.9 Å². The second kappa shape index (κ2) is 5.02. The van der Waals surface area contributed by atoms with Crippen molar-refractivity contribution in [1.82, 2.24) is 9.88 Å². The predicted octanol–water partition coefficient (Wildman–Crippen LogP) is 3.15. The summed E-state index contributed by atoms with van der Waals surface area (Å²) in [4.78, 5) is 19.4. The van der Waals surface area contributed by atoms with Crippen molar-refractivity contribution >= 4 is 22.6 Å². The van der Waals surface area contributed by atoms with E-state index in [-0.39, 0.29) is 11.3 Å². The summed E-state index contributed by atoms with van der Waals surface area (Å²) in [7, 11) is 1.82. The van der Waals surface area contributed by atoms with Crippen LogP contribution in [0, 0.1) is 5.41 Å². The molecular weight excluding hydrogens is 262 g/mol. The Bertz CT molecular complexity index is 693. The van der Waals surface area contributed by atoms with Crippen molar-refractivity contribution in [2.45, 2.75) is 20.3 Å². The maximum Gasteiger partial charge on any atom is 0.254 e. The zero-order valence-corrected chi connectivity index (χ0v) is 12.8. The van der Waals surface area contributed by atoms with E-state index in [9.17, 15) is 4.79 Å². The van der Waals surface area contributed by atoms with Crippen molar-refractivity contribution in [2.75, 3.05) is 25.5 Å². The number of benzene rings is 1. The Morgan fingerprint density at radius 3 is 2.76 bits per heavy atom. The van der Waals surface area contributed by atoms with E-state index in [1.54, 1.807) is 0 Å². The van der Waals surface area contributed by atoms with Crippen LogP contribution in [0.25, 0.3) is 10.9 Å². The standard InChI is InChI=1S/C17H21N3O/c1-17(2)8-9-20(11-17)16(21)13-10-15(18-3)19-14-7-5-4-6-12(13)14/h4-7,10H,8-9,11H2,1-3H3,(H,18,19). The minimum atomic E-state index is 0.107. The molecule has 0 unspecified atom stereocenters. The number of aromatic nitrogens is 1. The molecule has 1 aliphatic rings. The Hall–Kier alpha value is -2.10. The summed E-state index contributed by atoms with van der Waals surface area (Å²) in [5.41, 5.74) is 1.80. The summed E-state index contributed by atoms with van der Waals surface area (Å²) in [6.07, 6.45) is 1.06. The van der Waals surface area contributed by atoms with Gasteiger partial charge in [0.25, 0.3) is 5.91 Å². The molecule has 1 aromatic heterocycles. The predicted molar refractivity (Wildman–Crippen MR) is 85.6 cm³/mol. The summed E-state index contributed by atoms with van der Waals surface area (Å²) in [5, 5.41) is 3.96. The maximum absolute atomic E-state index is 12.9. The number of hydrogen-bond donors (Lipinski definition) is 1. The SMILES string of the molecule is CNc1cc(C(=O)N2CCC(C)(C)C2)c2ccccc2n1. The van der Waals surface area contributed by atoms with Gasteiger partial charge in [0.1, 0.15) is 5.82 Å². The smallest absolute Gasteiger partial charge is 0.254 e. The first-order valence-electron chi connectivity index (χ1n) is 7.37. The molecular formula is C17H21N3O. The Morgan fingerprint density at radius 2 is 2.10 bits per heavy atom. The normalized spacial score (nSPS) is 17.2. The molecule has 1 saturated heterocycles. The van der Waals surface area contributed by atoms with Gasteiger partial charge in [-0.25, -0.2) is 4.98 Å². The molecule has 110 valence electrons. The second-order valence-corrected chi connectivity index (χ2v) is 6.46.